The highest BCUT2D eigenvalue weighted by Crippen LogP contribution is 2.24. The second-order valence-corrected chi connectivity index (χ2v) is 7.37. The molecule has 0 amide bonds. The van der Waals surface area contributed by atoms with Gasteiger partial charge in [0.2, 0.25) is 0 Å². The minimum absolute atomic E-state index is 0.253. The van der Waals surface area contributed by atoms with Crippen LogP contribution < -0.4 is 5.63 Å². The van der Waals surface area contributed by atoms with Crippen molar-refractivity contribution in [3.63, 3.8) is 0 Å². The van der Waals surface area contributed by atoms with E-state index in [2.05, 4.69) is 28.9 Å². The largest absolute Gasteiger partial charge is 0.422 e. The van der Waals surface area contributed by atoms with E-state index in [4.69, 9.17) is 9.15 Å². The van der Waals surface area contributed by atoms with Crippen LogP contribution >= 0.6 is 0 Å². The molecule has 3 rings (SSSR count). The molecule has 2 heterocycles. The predicted molar refractivity (Wildman–Crippen MR) is 105 cm³/mol. The zero-order valence-corrected chi connectivity index (χ0v) is 16.2. The van der Waals surface area contributed by atoms with E-state index in [1.54, 1.807) is 13.2 Å². The molecule has 0 aliphatic carbocycles. The summed E-state index contributed by atoms with van der Waals surface area (Å²) >= 11 is 0. The van der Waals surface area contributed by atoms with E-state index in [9.17, 15) is 4.79 Å². The molecule has 26 heavy (non-hydrogen) atoms. The Bertz CT molecular complexity index is 792. The molecule has 2 aromatic rings. The van der Waals surface area contributed by atoms with Gasteiger partial charge in [0.05, 0.1) is 0 Å². The first-order valence-electron chi connectivity index (χ1n) is 9.54. The van der Waals surface area contributed by atoms with Crippen molar-refractivity contribution in [1.82, 2.24) is 9.80 Å². The van der Waals surface area contributed by atoms with Crippen LogP contribution in [0.5, 0.6) is 0 Å². The SMILES string of the molecule is COCCCCN1CCN(Cc2cc(=O)oc3c(C)cc(C)cc23)CC1. The number of benzene rings is 1. The maximum absolute atomic E-state index is 12.0. The lowest BCUT2D eigenvalue weighted by atomic mass is 10.0. The molecule has 1 aromatic carbocycles. The summed E-state index contributed by atoms with van der Waals surface area (Å²) < 4.78 is 10.6. The monoisotopic (exact) mass is 358 g/mol. The van der Waals surface area contributed by atoms with Crippen LogP contribution in [0, 0.1) is 13.8 Å². The summed E-state index contributed by atoms with van der Waals surface area (Å²) in [6, 6.07) is 5.86. The van der Waals surface area contributed by atoms with Crippen molar-refractivity contribution in [1.29, 1.82) is 0 Å². The normalized spacial score (nSPS) is 16.4. The van der Waals surface area contributed by atoms with Crippen LogP contribution in [0.1, 0.15) is 29.5 Å². The van der Waals surface area contributed by atoms with E-state index >= 15 is 0 Å². The van der Waals surface area contributed by atoms with Crippen molar-refractivity contribution >= 4 is 11.0 Å². The molecule has 0 spiro atoms. The Labute approximate surface area is 155 Å². The highest BCUT2D eigenvalue weighted by molar-refractivity contribution is 5.83. The van der Waals surface area contributed by atoms with E-state index in [-0.39, 0.29) is 5.63 Å². The fourth-order valence-corrected chi connectivity index (χ4v) is 3.80. The fourth-order valence-electron chi connectivity index (χ4n) is 3.80. The molecule has 0 saturated carbocycles. The number of fused-ring (bicyclic) bond motifs is 1. The van der Waals surface area contributed by atoms with Gasteiger partial charge in [-0.3, -0.25) is 4.90 Å². The average Bonchev–Trinajstić information content (AvgIpc) is 2.61. The number of ether oxygens (including phenoxy) is 1. The molecule has 1 aliphatic heterocycles. The van der Waals surface area contributed by atoms with Crippen molar-refractivity contribution in [2.45, 2.75) is 33.2 Å². The van der Waals surface area contributed by atoms with E-state index in [0.29, 0.717) is 0 Å². The van der Waals surface area contributed by atoms with Crippen molar-refractivity contribution < 1.29 is 9.15 Å². The zero-order chi connectivity index (χ0) is 18.5. The first-order chi connectivity index (χ1) is 12.6. The molecule has 1 aromatic heterocycles. The highest BCUT2D eigenvalue weighted by atomic mass is 16.5. The second kappa shape index (κ2) is 8.80. The van der Waals surface area contributed by atoms with Gasteiger partial charge in [0, 0.05) is 57.9 Å². The molecule has 0 N–H and O–H groups in total. The maximum atomic E-state index is 12.0. The molecular formula is C21H30N2O3. The Morgan fingerprint density at radius 2 is 1.77 bits per heavy atom. The number of methoxy groups -OCH3 is 1. The Balaban J connectivity index is 1.64. The van der Waals surface area contributed by atoms with E-state index in [1.807, 2.05) is 6.92 Å². The minimum Gasteiger partial charge on any atom is -0.422 e. The summed E-state index contributed by atoms with van der Waals surface area (Å²) in [5, 5.41) is 1.07. The molecule has 0 unspecified atom stereocenters. The van der Waals surface area contributed by atoms with Crippen LogP contribution in [-0.2, 0) is 11.3 Å². The topological polar surface area (TPSA) is 45.9 Å². The zero-order valence-electron chi connectivity index (χ0n) is 16.2. The van der Waals surface area contributed by atoms with Gasteiger partial charge in [0.15, 0.2) is 0 Å². The molecule has 0 atom stereocenters. The summed E-state index contributed by atoms with van der Waals surface area (Å²) in [6.07, 6.45) is 2.32. The quantitative estimate of drug-likeness (QED) is 0.562. The van der Waals surface area contributed by atoms with Crippen molar-refractivity contribution in [2.75, 3.05) is 46.4 Å². The van der Waals surface area contributed by atoms with E-state index < -0.39 is 0 Å². The fraction of sp³-hybridized carbons (Fsp3) is 0.571. The predicted octanol–water partition coefficient (Wildman–Crippen LogP) is 2.95. The molecule has 1 saturated heterocycles. The van der Waals surface area contributed by atoms with Gasteiger partial charge in [0.1, 0.15) is 5.58 Å². The smallest absolute Gasteiger partial charge is 0.336 e. The second-order valence-electron chi connectivity index (χ2n) is 7.37. The van der Waals surface area contributed by atoms with Crippen LogP contribution in [0.4, 0.5) is 0 Å². The van der Waals surface area contributed by atoms with Crippen molar-refractivity contribution in [3.8, 4) is 0 Å². The van der Waals surface area contributed by atoms with Gasteiger partial charge in [-0.1, -0.05) is 6.07 Å². The maximum Gasteiger partial charge on any atom is 0.336 e. The number of hydrogen-bond donors (Lipinski definition) is 0. The number of rotatable bonds is 7. The Hall–Kier alpha value is -1.69. The van der Waals surface area contributed by atoms with Crippen LogP contribution in [0.3, 0.4) is 0 Å². The Morgan fingerprint density at radius 1 is 1.04 bits per heavy atom. The van der Waals surface area contributed by atoms with Gasteiger partial charge < -0.3 is 14.1 Å². The first kappa shape index (κ1) is 19.1. The Morgan fingerprint density at radius 3 is 2.50 bits per heavy atom. The van der Waals surface area contributed by atoms with E-state index in [1.165, 1.54) is 12.0 Å². The van der Waals surface area contributed by atoms with Gasteiger partial charge in [-0.05, 0) is 56.0 Å². The molecule has 0 bridgehead atoms. The van der Waals surface area contributed by atoms with Crippen LogP contribution in [0.2, 0.25) is 0 Å². The summed E-state index contributed by atoms with van der Waals surface area (Å²) in [5.41, 5.74) is 3.79. The molecule has 5 nitrogen and oxygen atoms in total. The number of aryl methyl sites for hydroxylation is 2. The average molecular weight is 358 g/mol. The highest BCUT2D eigenvalue weighted by Gasteiger charge is 2.18. The molecule has 1 aliphatic rings. The summed E-state index contributed by atoms with van der Waals surface area (Å²) in [5.74, 6) is 0. The first-order valence-corrected chi connectivity index (χ1v) is 9.54. The number of unbranched alkanes of at least 4 members (excludes halogenated alkanes) is 1. The minimum atomic E-state index is -0.253. The van der Waals surface area contributed by atoms with Crippen LogP contribution in [-0.4, -0.2) is 56.2 Å². The lowest BCUT2D eigenvalue weighted by Gasteiger charge is -2.34. The van der Waals surface area contributed by atoms with Gasteiger partial charge in [0.25, 0.3) is 0 Å². The van der Waals surface area contributed by atoms with Gasteiger partial charge >= 0.3 is 5.63 Å². The van der Waals surface area contributed by atoms with Crippen LogP contribution in [0.25, 0.3) is 11.0 Å². The number of hydrogen-bond acceptors (Lipinski definition) is 5. The van der Waals surface area contributed by atoms with Gasteiger partial charge in [-0.25, -0.2) is 4.79 Å². The van der Waals surface area contributed by atoms with E-state index in [0.717, 1.165) is 74.4 Å². The lowest BCUT2D eigenvalue weighted by Crippen LogP contribution is -2.46. The Kier molecular flexibility index (Phi) is 6.46. The third kappa shape index (κ3) is 4.72. The molecular weight excluding hydrogens is 328 g/mol. The molecule has 1 fully saturated rings. The summed E-state index contributed by atoms with van der Waals surface area (Å²) in [7, 11) is 1.76. The third-order valence-corrected chi connectivity index (χ3v) is 5.19. The molecule has 5 heteroatoms. The third-order valence-electron chi connectivity index (χ3n) is 5.19. The lowest BCUT2D eigenvalue weighted by molar-refractivity contribution is 0.121. The van der Waals surface area contributed by atoms with Crippen molar-refractivity contribution in [2.24, 2.45) is 0 Å². The number of piperazine rings is 1. The van der Waals surface area contributed by atoms with Crippen LogP contribution in [0.15, 0.2) is 27.4 Å². The van der Waals surface area contributed by atoms with Gasteiger partial charge in [-0.2, -0.15) is 0 Å². The van der Waals surface area contributed by atoms with Crippen molar-refractivity contribution in [3.05, 3.63) is 45.3 Å². The van der Waals surface area contributed by atoms with Gasteiger partial charge in [-0.15, -0.1) is 0 Å². The number of nitrogens with zero attached hydrogens (tertiary/aromatic N) is 2. The summed E-state index contributed by atoms with van der Waals surface area (Å²) in [6.45, 7) is 11.1. The molecule has 0 radical (unpaired) electrons. The standard InChI is InChI=1S/C21H30N2O3/c1-16-12-17(2)21-19(13-16)18(14-20(24)26-21)15-23-9-7-22(8-10-23)6-4-5-11-25-3/h12-14H,4-11,15H2,1-3H3. The summed E-state index contributed by atoms with van der Waals surface area (Å²) in [4.78, 5) is 17.0. The molecule has 142 valence electrons.